The summed E-state index contributed by atoms with van der Waals surface area (Å²) in [6.07, 6.45) is 7.23. The molecule has 1 atom stereocenters. The summed E-state index contributed by atoms with van der Waals surface area (Å²) >= 11 is 1.74. The average molecular weight is 344 g/mol. The zero-order valence-corrected chi connectivity index (χ0v) is 14.7. The lowest BCUT2D eigenvalue weighted by atomic mass is 9.90. The lowest BCUT2D eigenvalue weighted by molar-refractivity contribution is -0.122. The summed E-state index contributed by atoms with van der Waals surface area (Å²) in [5.74, 6) is 0.133. The van der Waals surface area contributed by atoms with E-state index < -0.39 is 0 Å². The van der Waals surface area contributed by atoms with Crippen LogP contribution < -0.4 is 5.32 Å². The summed E-state index contributed by atoms with van der Waals surface area (Å²) in [5, 5.41) is 9.61. The first-order chi connectivity index (χ1) is 11.8. The molecule has 0 saturated heterocycles. The molecule has 128 valence electrons. The summed E-state index contributed by atoms with van der Waals surface area (Å²) in [5.41, 5.74) is 1.24. The molecule has 1 amide bonds. The largest absolute Gasteiger partial charge is 0.356 e. The second-order valence-electron chi connectivity index (χ2n) is 6.82. The first-order valence-corrected chi connectivity index (χ1v) is 9.73. The zero-order valence-electron chi connectivity index (χ0n) is 13.9. The Labute approximate surface area is 146 Å². The molecule has 1 N–H and O–H groups in total. The highest BCUT2D eigenvalue weighted by Crippen LogP contribution is 2.31. The fourth-order valence-corrected chi connectivity index (χ4v) is 4.37. The van der Waals surface area contributed by atoms with Crippen molar-refractivity contribution in [3.05, 3.63) is 40.3 Å². The fourth-order valence-electron chi connectivity index (χ4n) is 3.66. The van der Waals surface area contributed by atoms with Gasteiger partial charge in [0.15, 0.2) is 0 Å². The first kappa shape index (κ1) is 15.8. The van der Waals surface area contributed by atoms with Gasteiger partial charge < -0.3 is 5.32 Å². The summed E-state index contributed by atoms with van der Waals surface area (Å²) < 4.78 is 2.06. The van der Waals surface area contributed by atoms with Crippen LogP contribution in [0.15, 0.2) is 29.8 Å². The highest BCUT2D eigenvalue weighted by Gasteiger charge is 2.33. The van der Waals surface area contributed by atoms with Crippen molar-refractivity contribution in [2.45, 2.75) is 50.7 Å². The van der Waals surface area contributed by atoms with E-state index in [4.69, 9.17) is 0 Å². The van der Waals surface area contributed by atoms with Gasteiger partial charge in [-0.2, -0.15) is 5.10 Å². The molecule has 2 aliphatic rings. The molecule has 2 aromatic heterocycles. The molecule has 24 heavy (non-hydrogen) atoms. The summed E-state index contributed by atoms with van der Waals surface area (Å²) in [4.78, 5) is 16.2. The third-order valence-corrected chi connectivity index (χ3v) is 6.13. The van der Waals surface area contributed by atoms with E-state index in [-0.39, 0.29) is 11.9 Å². The van der Waals surface area contributed by atoms with E-state index in [0.717, 1.165) is 19.5 Å². The number of carbonyl (C=O) groups is 1. The SMILES string of the molecule is O=C(CC1CN(C2CCC2)Cc2ccnn21)NCCc1cccs1. The molecule has 0 bridgehead atoms. The molecule has 1 aliphatic carbocycles. The quantitative estimate of drug-likeness (QED) is 0.876. The molecule has 2 aromatic rings. The van der Waals surface area contributed by atoms with Crippen LogP contribution in [0.2, 0.25) is 0 Å². The number of rotatable bonds is 6. The number of amides is 1. The van der Waals surface area contributed by atoms with Gasteiger partial charge in [-0.25, -0.2) is 0 Å². The van der Waals surface area contributed by atoms with Crippen molar-refractivity contribution in [2.24, 2.45) is 0 Å². The predicted octanol–water partition coefficient (Wildman–Crippen LogP) is 2.60. The van der Waals surface area contributed by atoms with Gasteiger partial charge in [0, 0.05) is 36.8 Å². The lowest BCUT2D eigenvalue weighted by Gasteiger charge is -2.42. The Balaban J connectivity index is 1.33. The highest BCUT2D eigenvalue weighted by atomic mass is 32.1. The van der Waals surface area contributed by atoms with Gasteiger partial charge in [0.1, 0.15) is 0 Å². The van der Waals surface area contributed by atoms with Crippen molar-refractivity contribution in [1.29, 1.82) is 0 Å². The number of thiophene rings is 1. The van der Waals surface area contributed by atoms with Crippen LogP contribution in [0.3, 0.4) is 0 Å². The van der Waals surface area contributed by atoms with Crippen molar-refractivity contribution in [3.8, 4) is 0 Å². The summed E-state index contributed by atoms with van der Waals surface area (Å²) in [7, 11) is 0. The Morgan fingerprint density at radius 3 is 3.04 bits per heavy atom. The third-order valence-electron chi connectivity index (χ3n) is 5.19. The molecule has 1 fully saturated rings. The van der Waals surface area contributed by atoms with Gasteiger partial charge in [0.05, 0.1) is 18.2 Å². The molecular weight excluding hydrogens is 320 g/mol. The molecule has 3 heterocycles. The second kappa shape index (κ2) is 7.07. The van der Waals surface area contributed by atoms with Gasteiger partial charge in [-0.15, -0.1) is 11.3 Å². The number of nitrogens with one attached hydrogen (secondary N) is 1. The Hall–Kier alpha value is -1.66. The molecule has 4 rings (SSSR count). The minimum atomic E-state index is 0.133. The smallest absolute Gasteiger partial charge is 0.222 e. The third kappa shape index (κ3) is 3.39. The monoisotopic (exact) mass is 344 g/mol. The van der Waals surface area contributed by atoms with Gasteiger partial charge in [-0.05, 0) is 36.8 Å². The highest BCUT2D eigenvalue weighted by molar-refractivity contribution is 7.09. The van der Waals surface area contributed by atoms with E-state index in [0.29, 0.717) is 19.0 Å². The van der Waals surface area contributed by atoms with Crippen LogP contribution in [0.4, 0.5) is 0 Å². The van der Waals surface area contributed by atoms with Crippen molar-refractivity contribution < 1.29 is 4.79 Å². The first-order valence-electron chi connectivity index (χ1n) is 8.85. The minimum Gasteiger partial charge on any atom is -0.356 e. The van der Waals surface area contributed by atoms with E-state index in [9.17, 15) is 4.79 Å². The maximum Gasteiger partial charge on any atom is 0.222 e. The van der Waals surface area contributed by atoms with Crippen LogP contribution in [0.1, 0.15) is 42.3 Å². The number of fused-ring (bicyclic) bond motifs is 1. The molecule has 0 aromatic carbocycles. The molecule has 6 heteroatoms. The molecule has 5 nitrogen and oxygen atoms in total. The maximum atomic E-state index is 12.4. The van der Waals surface area contributed by atoms with Gasteiger partial charge in [-0.1, -0.05) is 12.5 Å². The van der Waals surface area contributed by atoms with Crippen LogP contribution in [0, 0.1) is 0 Å². The number of carbonyl (C=O) groups excluding carboxylic acids is 1. The van der Waals surface area contributed by atoms with Crippen LogP contribution in [0.5, 0.6) is 0 Å². The number of hydrogen-bond donors (Lipinski definition) is 1. The van der Waals surface area contributed by atoms with E-state index >= 15 is 0 Å². The van der Waals surface area contributed by atoms with Gasteiger partial charge in [0.2, 0.25) is 5.91 Å². The van der Waals surface area contributed by atoms with Gasteiger partial charge >= 0.3 is 0 Å². The molecule has 1 saturated carbocycles. The van der Waals surface area contributed by atoms with E-state index in [1.54, 1.807) is 11.3 Å². The Kier molecular flexibility index (Phi) is 4.67. The molecule has 0 spiro atoms. The number of hydrogen-bond acceptors (Lipinski definition) is 4. The van der Waals surface area contributed by atoms with Crippen molar-refractivity contribution in [3.63, 3.8) is 0 Å². The van der Waals surface area contributed by atoms with Crippen molar-refractivity contribution in [1.82, 2.24) is 20.0 Å². The van der Waals surface area contributed by atoms with E-state index in [1.165, 1.54) is 29.8 Å². The van der Waals surface area contributed by atoms with Crippen LogP contribution in [0.25, 0.3) is 0 Å². The standard InChI is InChI=1S/C18H24N4OS/c23-18(19-8-7-17-5-2-10-24-17)11-16-13-21(14-3-1-4-14)12-15-6-9-20-22(15)16/h2,5-6,9-10,14,16H,1,3-4,7-8,11-13H2,(H,19,23). The average Bonchev–Trinajstić information content (AvgIpc) is 3.16. The van der Waals surface area contributed by atoms with Gasteiger partial charge in [0.25, 0.3) is 0 Å². The van der Waals surface area contributed by atoms with Crippen LogP contribution >= 0.6 is 11.3 Å². The Bertz CT molecular complexity index is 677. The maximum absolute atomic E-state index is 12.4. The minimum absolute atomic E-state index is 0.133. The van der Waals surface area contributed by atoms with Crippen molar-refractivity contribution in [2.75, 3.05) is 13.1 Å². The fraction of sp³-hybridized carbons (Fsp3) is 0.556. The normalized spacial score (nSPS) is 21.2. The summed E-state index contributed by atoms with van der Waals surface area (Å²) in [6, 6.07) is 7.12. The van der Waals surface area contributed by atoms with Crippen molar-refractivity contribution >= 4 is 17.2 Å². The lowest BCUT2D eigenvalue weighted by Crippen LogP contribution is -2.47. The van der Waals surface area contributed by atoms with Gasteiger partial charge in [-0.3, -0.25) is 14.4 Å². The van der Waals surface area contributed by atoms with E-state index in [2.05, 4.69) is 43.6 Å². The molecular formula is C18H24N4OS. The van der Waals surface area contributed by atoms with Crippen LogP contribution in [-0.2, 0) is 17.8 Å². The summed E-state index contributed by atoms with van der Waals surface area (Å²) in [6.45, 7) is 2.63. The predicted molar refractivity (Wildman–Crippen MR) is 95.0 cm³/mol. The molecule has 1 aliphatic heterocycles. The zero-order chi connectivity index (χ0) is 16.4. The number of aromatic nitrogens is 2. The van der Waals surface area contributed by atoms with E-state index in [1.807, 2.05) is 6.20 Å². The molecule has 1 unspecified atom stereocenters. The number of nitrogens with zero attached hydrogens (tertiary/aromatic N) is 3. The molecule has 0 radical (unpaired) electrons. The Morgan fingerprint density at radius 1 is 1.38 bits per heavy atom. The second-order valence-corrected chi connectivity index (χ2v) is 7.85. The van der Waals surface area contributed by atoms with Crippen LogP contribution in [-0.4, -0.2) is 39.7 Å². The Morgan fingerprint density at radius 2 is 2.29 bits per heavy atom. The topological polar surface area (TPSA) is 50.2 Å².